The molecule has 6 heteroatoms. The molecule has 0 spiro atoms. The van der Waals surface area contributed by atoms with Crippen LogP contribution in [0.3, 0.4) is 0 Å². The van der Waals surface area contributed by atoms with Gasteiger partial charge in [0, 0.05) is 30.4 Å². The molecule has 3 aromatic rings. The van der Waals surface area contributed by atoms with Crippen LogP contribution in [0.25, 0.3) is 0 Å². The highest BCUT2D eigenvalue weighted by atomic mass is 19.1. The molecule has 32 heavy (non-hydrogen) atoms. The zero-order chi connectivity index (χ0) is 22.5. The van der Waals surface area contributed by atoms with E-state index in [-0.39, 0.29) is 11.7 Å². The van der Waals surface area contributed by atoms with Gasteiger partial charge in [-0.1, -0.05) is 30.3 Å². The Morgan fingerprint density at radius 3 is 2.50 bits per heavy atom. The Kier molecular flexibility index (Phi) is 6.71. The maximum absolute atomic E-state index is 14.7. The van der Waals surface area contributed by atoms with Crippen LogP contribution < -0.4 is 15.0 Å². The van der Waals surface area contributed by atoms with Crippen molar-refractivity contribution >= 4 is 17.3 Å². The number of hydrogen-bond acceptors (Lipinski definition) is 4. The molecule has 5 nitrogen and oxygen atoms in total. The molecule has 1 aliphatic rings. The molecule has 0 aromatic heterocycles. The minimum atomic E-state index is -0.327. The van der Waals surface area contributed by atoms with Crippen molar-refractivity contribution in [3.05, 3.63) is 89.7 Å². The van der Waals surface area contributed by atoms with Crippen molar-refractivity contribution in [2.75, 3.05) is 37.4 Å². The molecule has 3 aromatic carbocycles. The number of likely N-dealkylation sites (N-methyl/N-ethyl adjacent to an activating group) is 1. The van der Waals surface area contributed by atoms with Crippen molar-refractivity contribution in [3.8, 4) is 5.75 Å². The molecule has 0 saturated carbocycles. The van der Waals surface area contributed by atoms with Crippen molar-refractivity contribution in [2.24, 2.45) is 0 Å². The lowest BCUT2D eigenvalue weighted by Gasteiger charge is -2.22. The van der Waals surface area contributed by atoms with Crippen molar-refractivity contribution in [2.45, 2.75) is 19.1 Å². The monoisotopic (exact) mass is 433 g/mol. The van der Waals surface area contributed by atoms with Gasteiger partial charge < -0.3 is 19.9 Å². The van der Waals surface area contributed by atoms with E-state index in [0.717, 1.165) is 25.1 Å². The van der Waals surface area contributed by atoms with Gasteiger partial charge in [0.2, 0.25) is 0 Å². The molecule has 1 aliphatic heterocycles. The van der Waals surface area contributed by atoms with Crippen LogP contribution in [-0.2, 0) is 6.61 Å². The van der Waals surface area contributed by atoms with E-state index in [1.807, 2.05) is 44.4 Å². The molecule has 1 amide bonds. The van der Waals surface area contributed by atoms with E-state index in [2.05, 4.69) is 15.1 Å². The number of nitrogens with zero attached hydrogens (tertiary/aromatic N) is 2. The number of amides is 1. The number of rotatable bonds is 7. The number of nitrogens with one attached hydrogen (secondary N) is 1. The number of benzene rings is 3. The van der Waals surface area contributed by atoms with E-state index in [1.54, 1.807) is 36.4 Å². The highest BCUT2D eigenvalue weighted by molar-refractivity contribution is 6.04. The second-order valence-electron chi connectivity index (χ2n) is 8.27. The van der Waals surface area contributed by atoms with Crippen molar-refractivity contribution in [3.63, 3.8) is 0 Å². The Morgan fingerprint density at radius 2 is 1.84 bits per heavy atom. The van der Waals surface area contributed by atoms with Crippen LogP contribution in [-0.4, -0.2) is 44.0 Å². The summed E-state index contributed by atoms with van der Waals surface area (Å²) in [6.45, 7) is 2.09. The first-order valence-electron chi connectivity index (χ1n) is 10.8. The molecule has 1 saturated heterocycles. The highest BCUT2D eigenvalue weighted by Gasteiger charge is 2.25. The predicted molar refractivity (Wildman–Crippen MR) is 126 cm³/mol. The summed E-state index contributed by atoms with van der Waals surface area (Å²) in [5, 5.41) is 2.77. The largest absolute Gasteiger partial charge is 0.489 e. The summed E-state index contributed by atoms with van der Waals surface area (Å²) in [5.41, 5.74) is 2.57. The van der Waals surface area contributed by atoms with E-state index >= 15 is 0 Å². The van der Waals surface area contributed by atoms with Gasteiger partial charge in [-0.15, -0.1) is 0 Å². The van der Waals surface area contributed by atoms with Crippen LogP contribution in [0.5, 0.6) is 5.75 Å². The Balaban J connectivity index is 1.35. The topological polar surface area (TPSA) is 44.8 Å². The minimum Gasteiger partial charge on any atom is -0.489 e. The molecule has 0 bridgehead atoms. The van der Waals surface area contributed by atoms with Gasteiger partial charge in [0.05, 0.1) is 5.69 Å². The van der Waals surface area contributed by atoms with Crippen molar-refractivity contribution in [1.29, 1.82) is 0 Å². The van der Waals surface area contributed by atoms with Crippen LogP contribution in [0.2, 0.25) is 0 Å². The summed E-state index contributed by atoms with van der Waals surface area (Å²) < 4.78 is 20.5. The van der Waals surface area contributed by atoms with E-state index in [1.165, 1.54) is 6.07 Å². The van der Waals surface area contributed by atoms with Gasteiger partial charge in [-0.25, -0.2) is 4.39 Å². The van der Waals surface area contributed by atoms with Gasteiger partial charge >= 0.3 is 0 Å². The third-order valence-electron chi connectivity index (χ3n) is 5.80. The van der Waals surface area contributed by atoms with E-state index in [4.69, 9.17) is 4.74 Å². The average molecular weight is 434 g/mol. The van der Waals surface area contributed by atoms with Crippen LogP contribution in [0, 0.1) is 5.82 Å². The highest BCUT2D eigenvalue weighted by Crippen LogP contribution is 2.27. The number of hydrogen-bond donors (Lipinski definition) is 1. The number of carbonyl (C=O) groups excluding carboxylic acids is 1. The first-order chi connectivity index (χ1) is 15.5. The maximum atomic E-state index is 14.7. The second-order valence-corrected chi connectivity index (χ2v) is 8.27. The molecule has 4 rings (SSSR count). The summed E-state index contributed by atoms with van der Waals surface area (Å²) in [6, 6.07) is 22.1. The van der Waals surface area contributed by atoms with Crippen LogP contribution in [0.1, 0.15) is 22.3 Å². The fraction of sp³-hybridized carbons (Fsp3) is 0.269. The lowest BCUT2D eigenvalue weighted by atomic mass is 10.2. The summed E-state index contributed by atoms with van der Waals surface area (Å²) >= 11 is 0. The quantitative estimate of drug-likeness (QED) is 0.582. The Labute approximate surface area is 188 Å². The third kappa shape index (κ3) is 5.26. The molecule has 1 N–H and O–H groups in total. The number of ether oxygens (including phenoxy) is 1. The van der Waals surface area contributed by atoms with Gasteiger partial charge in [-0.05, 0) is 68.5 Å². The fourth-order valence-electron chi connectivity index (χ4n) is 3.87. The van der Waals surface area contributed by atoms with E-state index in [0.29, 0.717) is 35.3 Å². The third-order valence-corrected chi connectivity index (χ3v) is 5.80. The Morgan fingerprint density at radius 1 is 1.09 bits per heavy atom. The standard InChI is InChI=1S/C26H28FN3O2/c1-29(2)22-14-15-30(17-22)25-13-10-21(16-24(25)27)28-26(31)20-8-11-23(12-9-20)32-18-19-6-4-3-5-7-19/h3-13,16,22H,14-15,17-18H2,1-2H3,(H,28,31)/t22-/m1/s1. The van der Waals surface area contributed by atoms with Crippen LogP contribution in [0.4, 0.5) is 15.8 Å². The number of anilines is 2. The molecular weight excluding hydrogens is 405 g/mol. The smallest absolute Gasteiger partial charge is 0.255 e. The second kappa shape index (κ2) is 9.83. The SMILES string of the molecule is CN(C)[C@@H]1CCN(c2ccc(NC(=O)c3ccc(OCc4ccccc4)cc3)cc2F)C1. The fourth-order valence-corrected chi connectivity index (χ4v) is 3.87. The summed E-state index contributed by atoms with van der Waals surface area (Å²) in [7, 11) is 4.09. The number of halogens is 1. The summed E-state index contributed by atoms with van der Waals surface area (Å²) in [4.78, 5) is 16.8. The van der Waals surface area contributed by atoms with E-state index in [9.17, 15) is 9.18 Å². The first kappa shape index (κ1) is 21.8. The zero-order valence-corrected chi connectivity index (χ0v) is 18.4. The summed E-state index contributed by atoms with van der Waals surface area (Å²) in [6.07, 6.45) is 1.01. The molecule has 1 atom stereocenters. The maximum Gasteiger partial charge on any atom is 0.255 e. The number of carbonyl (C=O) groups is 1. The lowest BCUT2D eigenvalue weighted by Crippen LogP contribution is -2.31. The Hall–Kier alpha value is -3.38. The van der Waals surface area contributed by atoms with Crippen LogP contribution >= 0.6 is 0 Å². The predicted octanol–water partition coefficient (Wildman–Crippen LogP) is 4.80. The molecule has 1 fully saturated rings. The molecule has 0 radical (unpaired) electrons. The first-order valence-corrected chi connectivity index (χ1v) is 10.8. The van der Waals surface area contributed by atoms with Gasteiger partial charge in [-0.3, -0.25) is 4.79 Å². The molecule has 0 aliphatic carbocycles. The lowest BCUT2D eigenvalue weighted by molar-refractivity contribution is 0.102. The molecule has 1 heterocycles. The van der Waals surface area contributed by atoms with Gasteiger partial charge in [-0.2, -0.15) is 0 Å². The normalized spacial score (nSPS) is 15.8. The average Bonchev–Trinajstić information content (AvgIpc) is 3.29. The van der Waals surface area contributed by atoms with Crippen molar-refractivity contribution in [1.82, 2.24) is 4.90 Å². The zero-order valence-electron chi connectivity index (χ0n) is 18.4. The van der Waals surface area contributed by atoms with Crippen LogP contribution in [0.15, 0.2) is 72.8 Å². The molecular formula is C26H28FN3O2. The van der Waals surface area contributed by atoms with Gasteiger partial charge in [0.1, 0.15) is 18.2 Å². The van der Waals surface area contributed by atoms with Gasteiger partial charge in [0.15, 0.2) is 0 Å². The van der Waals surface area contributed by atoms with Gasteiger partial charge in [0.25, 0.3) is 5.91 Å². The molecule has 166 valence electrons. The Bertz CT molecular complexity index is 1050. The molecule has 0 unspecified atom stereocenters. The van der Waals surface area contributed by atoms with Crippen molar-refractivity contribution < 1.29 is 13.9 Å². The van der Waals surface area contributed by atoms with E-state index < -0.39 is 0 Å². The minimum absolute atomic E-state index is 0.291. The summed E-state index contributed by atoms with van der Waals surface area (Å²) in [5.74, 6) is 0.0647.